The highest BCUT2D eigenvalue weighted by atomic mass is 32.2. The van der Waals surface area contributed by atoms with Gasteiger partial charge in [-0.15, -0.1) is 0 Å². The van der Waals surface area contributed by atoms with Crippen LogP contribution in [0.25, 0.3) is 0 Å². The molecule has 0 heterocycles. The molecule has 0 saturated carbocycles. The van der Waals surface area contributed by atoms with Crippen LogP contribution in [-0.4, -0.2) is 26.5 Å². The minimum atomic E-state index is -3.30. The third-order valence-electron chi connectivity index (χ3n) is 1.87. The standard InChI is InChI=1S/C9H11NO4S/c1-10-15(13,14)6-7-2-4-8(5-3-7)9(11)12/h2-5,10H,6H2,1H3,(H,11,12). The average Bonchev–Trinajstić information content (AvgIpc) is 2.18. The molecule has 1 rings (SSSR count). The molecule has 15 heavy (non-hydrogen) atoms. The van der Waals surface area contributed by atoms with Gasteiger partial charge in [0, 0.05) is 0 Å². The van der Waals surface area contributed by atoms with E-state index < -0.39 is 16.0 Å². The highest BCUT2D eigenvalue weighted by Crippen LogP contribution is 2.07. The van der Waals surface area contributed by atoms with E-state index in [4.69, 9.17) is 5.11 Å². The zero-order valence-corrected chi connectivity index (χ0v) is 8.91. The Balaban J connectivity index is 2.86. The first-order valence-electron chi connectivity index (χ1n) is 4.18. The summed E-state index contributed by atoms with van der Waals surface area (Å²) in [4.78, 5) is 10.5. The Morgan fingerprint density at radius 1 is 1.33 bits per heavy atom. The van der Waals surface area contributed by atoms with Crippen LogP contribution in [0.15, 0.2) is 24.3 Å². The first-order chi connectivity index (χ1) is 6.94. The number of carboxylic acids is 1. The summed E-state index contributed by atoms with van der Waals surface area (Å²) in [6.45, 7) is 0. The van der Waals surface area contributed by atoms with Crippen molar-refractivity contribution in [3.8, 4) is 0 Å². The van der Waals surface area contributed by atoms with Gasteiger partial charge in [-0.3, -0.25) is 0 Å². The van der Waals surface area contributed by atoms with Crippen molar-refractivity contribution < 1.29 is 18.3 Å². The van der Waals surface area contributed by atoms with E-state index in [0.717, 1.165) is 0 Å². The van der Waals surface area contributed by atoms with Crippen LogP contribution in [0.2, 0.25) is 0 Å². The van der Waals surface area contributed by atoms with Crippen molar-refractivity contribution in [1.82, 2.24) is 4.72 Å². The Morgan fingerprint density at radius 2 is 1.87 bits per heavy atom. The van der Waals surface area contributed by atoms with Crippen molar-refractivity contribution >= 4 is 16.0 Å². The van der Waals surface area contributed by atoms with Gasteiger partial charge in [0.05, 0.1) is 11.3 Å². The second kappa shape index (κ2) is 4.41. The number of sulfonamides is 1. The van der Waals surface area contributed by atoms with Gasteiger partial charge in [-0.25, -0.2) is 17.9 Å². The van der Waals surface area contributed by atoms with Gasteiger partial charge >= 0.3 is 5.97 Å². The van der Waals surface area contributed by atoms with Gasteiger partial charge in [-0.2, -0.15) is 0 Å². The molecule has 2 N–H and O–H groups in total. The smallest absolute Gasteiger partial charge is 0.335 e. The molecular formula is C9H11NO4S. The molecule has 0 aromatic heterocycles. The fourth-order valence-electron chi connectivity index (χ4n) is 1.04. The van der Waals surface area contributed by atoms with Gasteiger partial charge in [-0.1, -0.05) is 12.1 Å². The van der Waals surface area contributed by atoms with Crippen LogP contribution in [0.5, 0.6) is 0 Å². The van der Waals surface area contributed by atoms with Crippen LogP contribution in [-0.2, 0) is 15.8 Å². The van der Waals surface area contributed by atoms with Crippen LogP contribution in [0.4, 0.5) is 0 Å². The fourth-order valence-corrected chi connectivity index (χ4v) is 1.81. The van der Waals surface area contributed by atoms with Crippen molar-refractivity contribution in [2.24, 2.45) is 0 Å². The van der Waals surface area contributed by atoms with Gasteiger partial charge in [0.15, 0.2) is 0 Å². The normalized spacial score (nSPS) is 11.3. The monoisotopic (exact) mass is 229 g/mol. The highest BCUT2D eigenvalue weighted by molar-refractivity contribution is 7.88. The molecule has 6 heteroatoms. The predicted molar refractivity (Wildman–Crippen MR) is 55.1 cm³/mol. The first-order valence-corrected chi connectivity index (χ1v) is 5.83. The molecule has 0 bridgehead atoms. The molecule has 0 aliphatic heterocycles. The molecule has 0 aliphatic rings. The van der Waals surface area contributed by atoms with E-state index in [1.165, 1.54) is 31.3 Å². The Labute approximate surface area is 87.8 Å². The van der Waals surface area contributed by atoms with Crippen molar-refractivity contribution in [2.75, 3.05) is 7.05 Å². The Hall–Kier alpha value is -1.40. The second-order valence-corrected chi connectivity index (χ2v) is 4.89. The number of aromatic carboxylic acids is 1. The van der Waals surface area contributed by atoms with E-state index in [9.17, 15) is 13.2 Å². The number of hydrogen-bond donors (Lipinski definition) is 2. The largest absolute Gasteiger partial charge is 0.478 e. The van der Waals surface area contributed by atoms with Crippen LogP contribution in [0, 0.1) is 0 Å². The summed E-state index contributed by atoms with van der Waals surface area (Å²) < 4.78 is 24.5. The number of carbonyl (C=O) groups is 1. The predicted octanol–water partition coefficient (Wildman–Crippen LogP) is 0.434. The van der Waals surface area contributed by atoms with E-state index in [1.54, 1.807) is 0 Å². The quantitative estimate of drug-likeness (QED) is 0.784. The summed E-state index contributed by atoms with van der Waals surface area (Å²) in [6.07, 6.45) is 0. The first kappa shape index (κ1) is 11.7. The van der Waals surface area contributed by atoms with E-state index in [1.807, 2.05) is 0 Å². The number of benzene rings is 1. The molecule has 82 valence electrons. The lowest BCUT2D eigenvalue weighted by Crippen LogP contribution is -2.20. The average molecular weight is 229 g/mol. The molecule has 0 saturated heterocycles. The van der Waals surface area contributed by atoms with Gasteiger partial charge in [0.25, 0.3) is 0 Å². The maximum absolute atomic E-state index is 11.2. The molecule has 0 spiro atoms. The second-order valence-electron chi connectivity index (χ2n) is 2.97. The van der Waals surface area contributed by atoms with Crippen LogP contribution in [0.1, 0.15) is 15.9 Å². The molecule has 0 fully saturated rings. The molecule has 0 unspecified atom stereocenters. The zero-order valence-electron chi connectivity index (χ0n) is 8.10. The van der Waals surface area contributed by atoms with Crippen molar-refractivity contribution in [1.29, 1.82) is 0 Å². The third kappa shape index (κ3) is 3.34. The fraction of sp³-hybridized carbons (Fsp3) is 0.222. The molecule has 0 aliphatic carbocycles. The summed E-state index contributed by atoms with van der Waals surface area (Å²) in [5.41, 5.74) is 0.690. The van der Waals surface area contributed by atoms with E-state index >= 15 is 0 Å². The number of nitrogens with one attached hydrogen (secondary N) is 1. The summed E-state index contributed by atoms with van der Waals surface area (Å²) in [5.74, 6) is -1.18. The number of carboxylic acid groups (broad SMARTS) is 1. The summed E-state index contributed by atoms with van der Waals surface area (Å²) in [7, 11) is -1.97. The van der Waals surface area contributed by atoms with Crippen molar-refractivity contribution in [3.05, 3.63) is 35.4 Å². The Kier molecular flexibility index (Phi) is 3.43. The molecule has 0 amide bonds. The summed E-state index contributed by atoms with van der Waals surface area (Å²) in [5, 5.41) is 8.62. The molecule has 1 aromatic rings. The highest BCUT2D eigenvalue weighted by Gasteiger charge is 2.09. The Morgan fingerprint density at radius 3 is 2.27 bits per heavy atom. The molecule has 1 aromatic carbocycles. The maximum Gasteiger partial charge on any atom is 0.335 e. The lowest BCUT2D eigenvalue weighted by molar-refractivity contribution is 0.0697. The van der Waals surface area contributed by atoms with Crippen molar-refractivity contribution in [3.63, 3.8) is 0 Å². The van der Waals surface area contributed by atoms with E-state index in [2.05, 4.69) is 4.72 Å². The minimum absolute atomic E-state index is 0.139. The third-order valence-corrected chi connectivity index (χ3v) is 3.20. The summed E-state index contributed by atoms with van der Waals surface area (Å²) in [6, 6.07) is 5.72. The SMILES string of the molecule is CNS(=O)(=O)Cc1ccc(C(=O)O)cc1. The number of hydrogen-bond acceptors (Lipinski definition) is 3. The topological polar surface area (TPSA) is 83.5 Å². The molecular weight excluding hydrogens is 218 g/mol. The van der Waals surface area contributed by atoms with Gasteiger partial charge in [0.2, 0.25) is 10.0 Å². The lowest BCUT2D eigenvalue weighted by atomic mass is 10.1. The van der Waals surface area contributed by atoms with Crippen LogP contribution < -0.4 is 4.72 Å². The minimum Gasteiger partial charge on any atom is -0.478 e. The van der Waals surface area contributed by atoms with Crippen molar-refractivity contribution in [2.45, 2.75) is 5.75 Å². The van der Waals surface area contributed by atoms with Crippen LogP contribution >= 0.6 is 0 Å². The van der Waals surface area contributed by atoms with E-state index in [-0.39, 0.29) is 11.3 Å². The van der Waals surface area contributed by atoms with E-state index in [0.29, 0.717) is 5.56 Å². The molecule has 0 atom stereocenters. The van der Waals surface area contributed by atoms with Gasteiger partial charge < -0.3 is 5.11 Å². The molecule has 0 radical (unpaired) electrons. The summed E-state index contributed by atoms with van der Waals surface area (Å²) >= 11 is 0. The number of rotatable bonds is 4. The Bertz CT molecular complexity index is 450. The maximum atomic E-state index is 11.2. The zero-order chi connectivity index (χ0) is 11.5. The molecule has 5 nitrogen and oxygen atoms in total. The van der Waals surface area contributed by atoms with Crippen LogP contribution in [0.3, 0.4) is 0 Å². The van der Waals surface area contributed by atoms with Gasteiger partial charge in [0.1, 0.15) is 0 Å². The van der Waals surface area contributed by atoms with Gasteiger partial charge in [-0.05, 0) is 24.7 Å². The lowest BCUT2D eigenvalue weighted by Gasteiger charge is -2.02.